The molecule has 2 aromatic heterocycles. The van der Waals surface area contributed by atoms with Crippen molar-refractivity contribution >= 4 is 40.1 Å². The minimum absolute atomic E-state index is 0.0179. The highest BCUT2D eigenvalue weighted by molar-refractivity contribution is 6.38. The highest BCUT2D eigenvalue weighted by Gasteiger charge is 2.32. The van der Waals surface area contributed by atoms with Crippen molar-refractivity contribution in [2.75, 3.05) is 26.3 Å². The molecule has 1 unspecified atom stereocenters. The highest BCUT2D eigenvalue weighted by atomic mass is 35.5. The summed E-state index contributed by atoms with van der Waals surface area (Å²) >= 11 is 12.8. The maximum Gasteiger partial charge on any atom is 0.417 e. The van der Waals surface area contributed by atoms with Crippen molar-refractivity contribution in [2.45, 2.75) is 12.3 Å². The number of fused-ring (bicyclic) bond motifs is 1. The average Bonchev–Trinajstić information content (AvgIpc) is 3.09. The number of nitrogens with zero attached hydrogens (tertiary/aromatic N) is 3. The molecule has 0 radical (unpaired) electrons. The molecule has 170 valence electrons. The second-order valence-corrected chi connectivity index (χ2v) is 8.17. The number of aromatic nitrogens is 2. The largest absolute Gasteiger partial charge is 0.417 e. The second kappa shape index (κ2) is 8.55. The first-order valence-corrected chi connectivity index (χ1v) is 10.4. The van der Waals surface area contributed by atoms with E-state index in [4.69, 9.17) is 27.9 Å². The number of hydrogen-bond donors (Lipinski definition) is 1. The zero-order valence-corrected chi connectivity index (χ0v) is 18.3. The summed E-state index contributed by atoms with van der Waals surface area (Å²) in [6, 6.07) is 5.36. The standard InChI is InChI=1S/C21H18Cl2F3N3O3/c1-28-15-8-11(21(24,25)26)10-27-14(15)9-16(28)19(30)17-13(22)3-2-12(18(17)23)20(31)29-4-6-32-7-5-29/h2-3,8-10,19,30H,4-7H2,1H3. The van der Waals surface area contributed by atoms with Crippen LogP contribution in [0.2, 0.25) is 10.0 Å². The van der Waals surface area contributed by atoms with Crippen LogP contribution < -0.4 is 0 Å². The van der Waals surface area contributed by atoms with E-state index in [9.17, 15) is 23.1 Å². The summed E-state index contributed by atoms with van der Waals surface area (Å²) in [5, 5.41) is 11.2. The molecule has 1 atom stereocenters. The molecule has 1 aliphatic heterocycles. The Balaban J connectivity index is 1.76. The van der Waals surface area contributed by atoms with E-state index < -0.39 is 17.8 Å². The van der Waals surface area contributed by atoms with Crippen molar-refractivity contribution in [1.29, 1.82) is 0 Å². The van der Waals surface area contributed by atoms with E-state index in [0.717, 1.165) is 12.3 Å². The van der Waals surface area contributed by atoms with Gasteiger partial charge in [-0.15, -0.1) is 0 Å². The fourth-order valence-electron chi connectivity index (χ4n) is 3.71. The van der Waals surface area contributed by atoms with Crippen LogP contribution in [0.5, 0.6) is 0 Å². The van der Waals surface area contributed by atoms with Gasteiger partial charge in [-0.1, -0.05) is 23.2 Å². The molecule has 1 amide bonds. The third-order valence-electron chi connectivity index (χ3n) is 5.47. The first-order valence-electron chi connectivity index (χ1n) is 9.65. The summed E-state index contributed by atoms with van der Waals surface area (Å²) in [4.78, 5) is 18.4. The number of alkyl halides is 3. The lowest BCUT2D eigenvalue weighted by Crippen LogP contribution is -2.40. The first kappa shape index (κ1) is 22.8. The van der Waals surface area contributed by atoms with Gasteiger partial charge in [0.1, 0.15) is 6.10 Å². The van der Waals surface area contributed by atoms with Gasteiger partial charge < -0.3 is 19.3 Å². The lowest BCUT2D eigenvalue weighted by molar-refractivity contribution is -0.137. The molecular weight excluding hydrogens is 470 g/mol. The number of carbonyl (C=O) groups is 1. The van der Waals surface area contributed by atoms with Crippen LogP contribution in [0.4, 0.5) is 13.2 Å². The predicted molar refractivity (Wildman–Crippen MR) is 113 cm³/mol. The van der Waals surface area contributed by atoms with E-state index in [1.165, 1.54) is 29.8 Å². The van der Waals surface area contributed by atoms with E-state index >= 15 is 0 Å². The second-order valence-electron chi connectivity index (χ2n) is 7.38. The van der Waals surface area contributed by atoms with Crippen LogP contribution in [0.15, 0.2) is 30.5 Å². The maximum absolute atomic E-state index is 13.1. The summed E-state index contributed by atoms with van der Waals surface area (Å²) in [7, 11) is 1.51. The number of carbonyl (C=O) groups excluding carboxylic acids is 1. The van der Waals surface area contributed by atoms with Crippen LogP contribution in [0.3, 0.4) is 0 Å². The van der Waals surface area contributed by atoms with Gasteiger partial charge in [-0.3, -0.25) is 9.78 Å². The van der Waals surface area contributed by atoms with Gasteiger partial charge in [-0.25, -0.2) is 0 Å². The topological polar surface area (TPSA) is 67.6 Å². The molecule has 0 saturated carbocycles. The summed E-state index contributed by atoms with van der Waals surface area (Å²) < 4.78 is 45.9. The van der Waals surface area contributed by atoms with E-state index in [2.05, 4.69) is 4.98 Å². The number of pyridine rings is 1. The van der Waals surface area contributed by atoms with Crippen LogP contribution >= 0.6 is 23.2 Å². The molecule has 1 saturated heterocycles. The number of aliphatic hydroxyl groups excluding tert-OH is 1. The zero-order chi connectivity index (χ0) is 23.2. The van der Waals surface area contributed by atoms with E-state index in [0.29, 0.717) is 26.3 Å². The minimum Gasteiger partial charge on any atom is -0.382 e. The van der Waals surface area contributed by atoms with Gasteiger partial charge in [0, 0.05) is 36.9 Å². The zero-order valence-electron chi connectivity index (χ0n) is 16.8. The molecule has 0 bridgehead atoms. The fourth-order valence-corrected chi connectivity index (χ4v) is 4.36. The Morgan fingerprint density at radius 1 is 1.22 bits per heavy atom. The third kappa shape index (κ3) is 4.05. The van der Waals surface area contributed by atoms with Crippen LogP contribution in [0.25, 0.3) is 11.0 Å². The molecule has 3 aromatic rings. The van der Waals surface area contributed by atoms with Crippen LogP contribution in [-0.2, 0) is 18.0 Å². The summed E-state index contributed by atoms with van der Waals surface area (Å²) in [5.74, 6) is -0.322. The Hall–Kier alpha value is -2.33. The summed E-state index contributed by atoms with van der Waals surface area (Å²) in [6.07, 6.45) is -5.22. The molecule has 1 N–H and O–H groups in total. The van der Waals surface area contributed by atoms with Gasteiger partial charge in [-0.05, 0) is 24.3 Å². The van der Waals surface area contributed by atoms with Crippen LogP contribution in [0, 0.1) is 0 Å². The SMILES string of the molecule is Cn1c(C(O)c2c(Cl)ccc(C(=O)N3CCOCC3)c2Cl)cc2ncc(C(F)(F)F)cc21. The van der Waals surface area contributed by atoms with Crippen molar-refractivity contribution in [3.8, 4) is 0 Å². The Morgan fingerprint density at radius 2 is 1.91 bits per heavy atom. The van der Waals surface area contributed by atoms with Gasteiger partial charge >= 0.3 is 6.18 Å². The van der Waals surface area contributed by atoms with Gasteiger partial charge in [-0.2, -0.15) is 13.2 Å². The lowest BCUT2D eigenvalue weighted by atomic mass is 10.0. The number of hydrogen-bond acceptors (Lipinski definition) is 4. The molecule has 1 fully saturated rings. The minimum atomic E-state index is -4.55. The number of halogens is 5. The molecule has 4 rings (SSSR count). The van der Waals surface area contributed by atoms with Gasteiger partial charge in [0.05, 0.1) is 46.1 Å². The Kier molecular flexibility index (Phi) is 6.10. The monoisotopic (exact) mass is 487 g/mol. The molecule has 0 aliphatic carbocycles. The number of rotatable bonds is 3. The number of benzene rings is 1. The quantitative estimate of drug-likeness (QED) is 0.592. The van der Waals surface area contributed by atoms with Crippen molar-refractivity contribution in [1.82, 2.24) is 14.5 Å². The number of morpholine rings is 1. The van der Waals surface area contributed by atoms with E-state index in [1.807, 2.05) is 0 Å². The Labute approximate surface area is 191 Å². The normalized spacial score (nSPS) is 15.9. The molecule has 0 spiro atoms. The smallest absolute Gasteiger partial charge is 0.382 e. The van der Waals surface area contributed by atoms with Crippen molar-refractivity contribution in [2.24, 2.45) is 7.05 Å². The summed E-state index contributed by atoms with van der Waals surface area (Å²) in [5.41, 5.74) is 0.0367. The van der Waals surface area contributed by atoms with E-state index in [-0.39, 0.29) is 43.8 Å². The van der Waals surface area contributed by atoms with Crippen molar-refractivity contribution in [3.05, 3.63) is 62.9 Å². The average molecular weight is 488 g/mol. The van der Waals surface area contributed by atoms with Crippen molar-refractivity contribution in [3.63, 3.8) is 0 Å². The maximum atomic E-state index is 13.1. The first-order chi connectivity index (χ1) is 15.1. The third-order valence-corrected chi connectivity index (χ3v) is 6.20. The number of ether oxygens (including phenoxy) is 1. The fraction of sp³-hybridized carbons (Fsp3) is 0.333. The Bertz CT molecular complexity index is 1190. The van der Waals surface area contributed by atoms with Gasteiger partial charge in [0.15, 0.2) is 0 Å². The molecule has 6 nitrogen and oxygen atoms in total. The number of aliphatic hydroxyl groups is 1. The molecule has 11 heteroatoms. The molecule has 1 aliphatic rings. The van der Waals surface area contributed by atoms with E-state index in [1.54, 1.807) is 4.90 Å². The lowest BCUT2D eigenvalue weighted by Gasteiger charge is -2.28. The highest BCUT2D eigenvalue weighted by Crippen LogP contribution is 2.39. The molecule has 3 heterocycles. The molecular formula is C21H18Cl2F3N3O3. The molecule has 1 aromatic carbocycles. The predicted octanol–water partition coefficient (Wildman–Crippen LogP) is 4.45. The molecule has 32 heavy (non-hydrogen) atoms. The van der Waals surface area contributed by atoms with Crippen molar-refractivity contribution < 1.29 is 27.8 Å². The van der Waals surface area contributed by atoms with Gasteiger partial charge in [0.25, 0.3) is 5.91 Å². The summed E-state index contributed by atoms with van der Waals surface area (Å²) in [6.45, 7) is 1.64. The van der Waals surface area contributed by atoms with Crippen LogP contribution in [-0.4, -0.2) is 51.8 Å². The van der Waals surface area contributed by atoms with Gasteiger partial charge in [0.2, 0.25) is 0 Å². The van der Waals surface area contributed by atoms with Crippen LogP contribution in [0.1, 0.15) is 33.3 Å². The number of amides is 1. The number of aryl methyl sites for hydroxylation is 1. The Morgan fingerprint density at radius 3 is 2.56 bits per heavy atom.